The van der Waals surface area contributed by atoms with Gasteiger partial charge in [0.1, 0.15) is 17.1 Å². The number of carbonyl (C=O) groups is 2. The maximum absolute atomic E-state index is 11.7. The predicted molar refractivity (Wildman–Crippen MR) is 60.4 cm³/mol. The van der Waals surface area contributed by atoms with Gasteiger partial charge in [-0.2, -0.15) is 0 Å². The first kappa shape index (κ1) is 11.8. The fourth-order valence-electron chi connectivity index (χ4n) is 1.29. The van der Waals surface area contributed by atoms with E-state index in [9.17, 15) is 9.59 Å². The van der Waals surface area contributed by atoms with Gasteiger partial charge < -0.3 is 14.9 Å². The number of nitrogens with zero attached hydrogens (tertiary/aromatic N) is 2. The summed E-state index contributed by atoms with van der Waals surface area (Å²) < 4.78 is 4.76. The number of amides is 1. The summed E-state index contributed by atoms with van der Waals surface area (Å²) in [6.07, 6.45) is 2.47. The minimum absolute atomic E-state index is 0.0501. The van der Waals surface area contributed by atoms with Gasteiger partial charge in [0.25, 0.3) is 5.91 Å². The van der Waals surface area contributed by atoms with Gasteiger partial charge in [-0.05, 0) is 19.1 Å². The minimum Gasteiger partial charge on any atom is -0.478 e. The van der Waals surface area contributed by atoms with Crippen molar-refractivity contribution in [3.8, 4) is 0 Å². The van der Waals surface area contributed by atoms with E-state index in [4.69, 9.17) is 9.63 Å². The number of rotatable bonds is 3. The van der Waals surface area contributed by atoms with E-state index in [0.29, 0.717) is 11.3 Å². The van der Waals surface area contributed by atoms with Gasteiger partial charge in [0.15, 0.2) is 0 Å². The van der Waals surface area contributed by atoms with Crippen LogP contribution in [-0.2, 0) is 0 Å². The van der Waals surface area contributed by atoms with Crippen molar-refractivity contribution in [2.75, 3.05) is 5.32 Å². The maximum atomic E-state index is 11.7. The van der Waals surface area contributed by atoms with Crippen LogP contribution in [0.5, 0.6) is 0 Å². The number of pyridine rings is 1. The van der Waals surface area contributed by atoms with Crippen LogP contribution in [0.1, 0.15) is 26.5 Å². The fraction of sp³-hybridized carbons (Fsp3) is 0.0909. The molecule has 0 aromatic carbocycles. The summed E-state index contributed by atoms with van der Waals surface area (Å²) in [6, 6.07) is 2.76. The highest BCUT2D eigenvalue weighted by atomic mass is 16.5. The number of aromatic nitrogens is 2. The van der Waals surface area contributed by atoms with Crippen LogP contribution in [0.2, 0.25) is 0 Å². The number of carboxylic acid groups (broad SMARTS) is 1. The van der Waals surface area contributed by atoms with E-state index in [-0.39, 0.29) is 11.4 Å². The molecule has 2 rings (SSSR count). The summed E-state index contributed by atoms with van der Waals surface area (Å²) >= 11 is 0. The Hall–Kier alpha value is -2.70. The standard InChI is InChI=1S/C11H9N3O4/c1-6-8(5-13-18-6)10(15)14-9-3-2-7(4-12-9)11(16)17/h2-5H,1H3,(H,16,17)(H,12,14,15). The van der Waals surface area contributed by atoms with Crippen LogP contribution in [0.3, 0.4) is 0 Å². The highest BCUT2D eigenvalue weighted by Crippen LogP contribution is 2.10. The molecule has 0 atom stereocenters. The van der Waals surface area contributed by atoms with Crippen molar-refractivity contribution in [3.63, 3.8) is 0 Å². The number of anilines is 1. The molecule has 2 aromatic rings. The van der Waals surface area contributed by atoms with Gasteiger partial charge >= 0.3 is 5.97 Å². The monoisotopic (exact) mass is 247 g/mol. The van der Waals surface area contributed by atoms with E-state index < -0.39 is 11.9 Å². The Balaban J connectivity index is 2.13. The van der Waals surface area contributed by atoms with Gasteiger partial charge in [0.05, 0.1) is 11.8 Å². The molecule has 18 heavy (non-hydrogen) atoms. The molecule has 2 aromatic heterocycles. The van der Waals surface area contributed by atoms with Gasteiger partial charge in [-0.15, -0.1) is 0 Å². The Kier molecular flexibility index (Phi) is 3.05. The van der Waals surface area contributed by atoms with E-state index in [1.807, 2.05) is 0 Å². The highest BCUT2D eigenvalue weighted by molar-refractivity contribution is 6.04. The highest BCUT2D eigenvalue weighted by Gasteiger charge is 2.13. The largest absolute Gasteiger partial charge is 0.478 e. The molecule has 0 bridgehead atoms. The van der Waals surface area contributed by atoms with E-state index >= 15 is 0 Å². The van der Waals surface area contributed by atoms with Crippen molar-refractivity contribution in [3.05, 3.63) is 41.4 Å². The van der Waals surface area contributed by atoms with Gasteiger partial charge in [-0.3, -0.25) is 4.79 Å². The van der Waals surface area contributed by atoms with Gasteiger partial charge in [-0.25, -0.2) is 9.78 Å². The Bertz CT molecular complexity index is 589. The molecular weight excluding hydrogens is 238 g/mol. The number of carboxylic acids is 1. The second-order valence-corrected chi connectivity index (χ2v) is 3.49. The van der Waals surface area contributed by atoms with Crippen LogP contribution in [0, 0.1) is 6.92 Å². The first-order chi connectivity index (χ1) is 8.58. The number of nitrogens with one attached hydrogen (secondary N) is 1. The molecule has 0 saturated heterocycles. The maximum Gasteiger partial charge on any atom is 0.337 e. The average molecular weight is 247 g/mol. The van der Waals surface area contributed by atoms with Crippen molar-refractivity contribution < 1.29 is 19.2 Å². The molecule has 0 aliphatic rings. The van der Waals surface area contributed by atoms with E-state index in [1.54, 1.807) is 6.92 Å². The van der Waals surface area contributed by atoms with Crippen molar-refractivity contribution in [1.29, 1.82) is 0 Å². The smallest absolute Gasteiger partial charge is 0.337 e. The summed E-state index contributed by atoms with van der Waals surface area (Å²) in [6.45, 7) is 1.61. The first-order valence-electron chi connectivity index (χ1n) is 5.00. The Morgan fingerprint density at radius 2 is 2.11 bits per heavy atom. The summed E-state index contributed by atoms with van der Waals surface area (Å²) in [7, 11) is 0. The molecule has 0 saturated carbocycles. The normalized spacial score (nSPS) is 10.1. The summed E-state index contributed by atoms with van der Waals surface area (Å²) in [4.78, 5) is 26.2. The number of aromatic carboxylic acids is 1. The zero-order chi connectivity index (χ0) is 13.1. The van der Waals surface area contributed by atoms with Crippen LogP contribution in [0.4, 0.5) is 5.82 Å². The molecule has 92 valence electrons. The zero-order valence-corrected chi connectivity index (χ0v) is 9.38. The quantitative estimate of drug-likeness (QED) is 0.847. The second-order valence-electron chi connectivity index (χ2n) is 3.49. The van der Waals surface area contributed by atoms with E-state index in [2.05, 4.69) is 15.5 Å². The lowest BCUT2D eigenvalue weighted by molar-refractivity contribution is 0.0696. The summed E-state index contributed by atoms with van der Waals surface area (Å²) in [5.41, 5.74) is 0.355. The summed E-state index contributed by atoms with van der Waals surface area (Å²) in [5.74, 6) is -0.833. The van der Waals surface area contributed by atoms with Crippen LogP contribution >= 0.6 is 0 Å². The molecule has 0 aliphatic heterocycles. The van der Waals surface area contributed by atoms with E-state index in [1.165, 1.54) is 24.5 Å². The van der Waals surface area contributed by atoms with E-state index in [0.717, 1.165) is 0 Å². The summed E-state index contributed by atoms with van der Waals surface area (Å²) in [5, 5.41) is 14.7. The van der Waals surface area contributed by atoms with Crippen LogP contribution in [-0.4, -0.2) is 27.1 Å². The Labute approximate surface area is 101 Å². The molecule has 0 fully saturated rings. The van der Waals surface area contributed by atoms with Crippen molar-refractivity contribution >= 4 is 17.7 Å². The molecule has 7 nitrogen and oxygen atoms in total. The third-order valence-electron chi connectivity index (χ3n) is 2.25. The average Bonchev–Trinajstić information content (AvgIpc) is 2.76. The number of aryl methyl sites for hydroxylation is 1. The SMILES string of the molecule is Cc1oncc1C(=O)Nc1ccc(C(=O)O)cn1. The molecule has 0 unspecified atom stereocenters. The molecule has 2 N–H and O–H groups in total. The van der Waals surface area contributed by atoms with Crippen LogP contribution in [0.25, 0.3) is 0 Å². The molecule has 0 spiro atoms. The molecule has 1 amide bonds. The lowest BCUT2D eigenvalue weighted by Crippen LogP contribution is -2.13. The van der Waals surface area contributed by atoms with Gasteiger partial charge in [0.2, 0.25) is 0 Å². The third kappa shape index (κ3) is 2.34. The van der Waals surface area contributed by atoms with Crippen molar-refractivity contribution in [2.45, 2.75) is 6.92 Å². The number of carbonyl (C=O) groups excluding carboxylic acids is 1. The molecule has 0 aliphatic carbocycles. The Morgan fingerprint density at radius 3 is 2.61 bits per heavy atom. The molecular formula is C11H9N3O4. The van der Waals surface area contributed by atoms with Gasteiger partial charge in [0, 0.05) is 6.20 Å². The molecule has 0 radical (unpaired) electrons. The first-order valence-corrected chi connectivity index (χ1v) is 5.00. The third-order valence-corrected chi connectivity index (χ3v) is 2.25. The van der Waals surface area contributed by atoms with Crippen molar-refractivity contribution in [2.24, 2.45) is 0 Å². The molecule has 7 heteroatoms. The number of hydrogen-bond donors (Lipinski definition) is 2. The Morgan fingerprint density at radius 1 is 1.33 bits per heavy atom. The van der Waals surface area contributed by atoms with Crippen molar-refractivity contribution in [1.82, 2.24) is 10.1 Å². The lowest BCUT2D eigenvalue weighted by atomic mass is 10.2. The topological polar surface area (TPSA) is 105 Å². The predicted octanol–water partition coefficient (Wildman–Crippen LogP) is 1.33. The van der Waals surface area contributed by atoms with Crippen LogP contribution < -0.4 is 5.32 Å². The lowest BCUT2D eigenvalue weighted by Gasteiger charge is -2.02. The fourth-order valence-corrected chi connectivity index (χ4v) is 1.29. The second kappa shape index (κ2) is 4.66. The number of hydrogen-bond acceptors (Lipinski definition) is 5. The molecule has 2 heterocycles. The minimum atomic E-state index is -1.07. The zero-order valence-electron chi connectivity index (χ0n) is 9.38. The van der Waals surface area contributed by atoms with Gasteiger partial charge in [-0.1, -0.05) is 5.16 Å². The van der Waals surface area contributed by atoms with Crippen LogP contribution in [0.15, 0.2) is 29.0 Å².